The van der Waals surface area contributed by atoms with Crippen LogP contribution >= 0.6 is 0 Å². The fourth-order valence-corrected chi connectivity index (χ4v) is 1.76. The van der Waals surface area contributed by atoms with Gasteiger partial charge in [0.25, 0.3) is 0 Å². The molecule has 7 heteroatoms. The largest absolute Gasteiger partial charge is 0.481 e. The van der Waals surface area contributed by atoms with Crippen LogP contribution in [0.2, 0.25) is 0 Å². The van der Waals surface area contributed by atoms with E-state index in [0.717, 1.165) is 6.07 Å². The lowest BCUT2D eigenvalue weighted by atomic mass is 10.0. The second-order valence-corrected chi connectivity index (χ2v) is 5.90. The number of rotatable bonds is 5. The monoisotopic (exact) mass is 312 g/mol. The Hall–Kier alpha value is -2.15. The van der Waals surface area contributed by atoms with Crippen LogP contribution in [0.15, 0.2) is 18.2 Å². The summed E-state index contributed by atoms with van der Waals surface area (Å²) in [5.41, 5.74) is 5.55. The summed E-state index contributed by atoms with van der Waals surface area (Å²) in [7, 11) is 0. The summed E-state index contributed by atoms with van der Waals surface area (Å²) >= 11 is 0. The van der Waals surface area contributed by atoms with E-state index in [1.54, 1.807) is 20.8 Å². The molecule has 0 saturated carbocycles. The van der Waals surface area contributed by atoms with Crippen LogP contribution in [0.1, 0.15) is 45.2 Å². The number of carbonyl (C=O) groups is 2. The van der Waals surface area contributed by atoms with Gasteiger partial charge in [-0.3, -0.25) is 10.1 Å². The van der Waals surface area contributed by atoms with Crippen molar-refractivity contribution < 1.29 is 23.8 Å². The molecule has 1 unspecified atom stereocenters. The maximum absolute atomic E-state index is 14.0. The van der Waals surface area contributed by atoms with E-state index in [1.165, 1.54) is 12.1 Å². The smallest absolute Gasteiger partial charge is 0.412 e. The third-order valence-corrected chi connectivity index (χ3v) is 2.71. The third-order valence-electron chi connectivity index (χ3n) is 2.71. The van der Waals surface area contributed by atoms with Gasteiger partial charge in [0.05, 0.1) is 0 Å². The lowest BCUT2D eigenvalue weighted by molar-refractivity contribution is -0.137. The van der Waals surface area contributed by atoms with Gasteiger partial charge >= 0.3 is 12.1 Å². The second-order valence-electron chi connectivity index (χ2n) is 5.90. The molecule has 1 atom stereocenters. The van der Waals surface area contributed by atoms with E-state index in [4.69, 9.17) is 15.6 Å². The highest BCUT2D eigenvalue weighted by Gasteiger charge is 2.18. The summed E-state index contributed by atoms with van der Waals surface area (Å²) in [6, 6.07) is 3.32. The van der Waals surface area contributed by atoms with E-state index in [9.17, 15) is 14.0 Å². The van der Waals surface area contributed by atoms with Crippen LogP contribution in [-0.2, 0) is 9.53 Å². The van der Waals surface area contributed by atoms with Gasteiger partial charge in [0.15, 0.2) is 0 Å². The normalized spacial score (nSPS) is 12.6. The number of ether oxygens (including phenoxy) is 1. The van der Waals surface area contributed by atoms with Crippen molar-refractivity contribution in [2.45, 2.75) is 45.3 Å². The molecule has 1 amide bonds. The Balaban J connectivity index is 2.73. The van der Waals surface area contributed by atoms with Crippen molar-refractivity contribution in [2.24, 2.45) is 5.73 Å². The molecule has 0 aliphatic carbocycles. The molecule has 0 aliphatic heterocycles. The summed E-state index contributed by atoms with van der Waals surface area (Å²) in [5, 5.41) is 11.0. The molecule has 0 aromatic heterocycles. The molecule has 0 bridgehead atoms. The van der Waals surface area contributed by atoms with Crippen LogP contribution in [0.25, 0.3) is 0 Å². The van der Waals surface area contributed by atoms with Gasteiger partial charge in [-0.1, -0.05) is 6.07 Å². The maximum Gasteiger partial charge on any atom is 0.412 e. The summed E-state index contributed by atoms with van der Waals surface area (Å²) in [5.74, 6) is -1.59. The van der Waals surface area contributed by atoms with E-state index in [1.807, 2.05) is 0 Å². The first-order valence-corrected chi connectivity index (χ1v) is 6.85. The Morgan fingerprint density at radius 2 is 2.05 bits per heavy atom. The van der Waals surface area contributed by atoms with E-state index in [0.29, 0.717) is 0 Å². The fraction of sp³-hybridized carbons (Fsp3) is 0.467. The van der Waals surface area contributed by atoms with Gasteiger partial charge in [-0.15, -0.1) is 0 Å². The molecule has 0 saturated heterocycles. The number of hydrogen-bond acceptors (Lipinski definition) is 4. The van der Waals surface area contributed by atoms with Crippen LogP contribution < -0.4 is 11.1 Å². The van der Waals surface area contributed by atoms with Gasteiger partial charge in [-0.25, -0.2) is 9.18 Å². The summed E-state index contributed by atoms with van der Waals surface area (Å²) in [6.07, 6.45) is -0.696. The first kappa shape index (κ1) is 17.9. The minimum Gasteiger partial charge on any atom is -0.481 e. The number of hydrogen-bond donors (Lipinski definition) is 3. The molecule has 0 heterocycles. The van der Waals surface area contributed by atoms with Crippen LogP contribution in [0.5, 0.6) is 0 Å². The topological polar surface area (TPSA) is 102 Å². The molecule has 0 fully saturated rings. The highest BCUT2D eigenvalue weighted by atomic mass is 19.1. The summed E-state index contributed by atoms with van der Waals surface area (Å²) in [6.45, 7) is 5.16. The number of carbonyl (C=O) groups excluding carboxylic acids is 1. The number of benzene rings is 1. The quantitative estimate of drug-likeness (QED) is 0.775. The molecule has 6 nitrogen and oxygen atoms in total. The van der Waals surface area contributed by atoms with Gasteiger partial charge in [0, 0.05) is 23.7 Å². The van der Waals surface area contributed by atoms with E-state index in [-0.39, 0.29) is 24.1 Å². The molecule has 0 radical (unpaired) electrons. The van der Waals surface area contributed by atoms with E-state index < -0.39 is 29.5 Å². The number of nitrogens with one attached hydrogen (secondary N) is 1. The van der Waals surface area contributed by atoms with Gasteiger partial charge in [-0.2, -0.15) is 0 Å². The highest BCUT2D eigenvalue weighted by molar-refractivity contribution is 5.84. The van der Waals surface area contributed by atoms with Crippen molar-refractivity contribution in [2.75, 3.05) is 5.32 Å². The van der Waals surface area contributed by atoms with Crippen molar-refractivity contribution in [3.05, 3.63) is 29.6 Å². The molecular weight excluding hydrogens is 291 g/mol. The first-order valence-electron chi connectivity index (χ1n) is 6.85. The number of halogens is 1. The average Bonchev–Trinajstić information content (AvgIpc) is 2.33. The lowest BCUT2D eigenvalue weighted by Crippen LogP contribution is -2.27. The number of anilines is 1. The number of amides is 1. The van der Waals surface area contributed by atoms with Crippen molar-refractivity contribution in [1.29, 1.82) is 0 Å². The predicted molar refractivity (Wildman–Crippen MR) is 80.1 cm³/mol. The SMILES string of the molecule is CC(C)(C)OC(=O)Nc1ccc(C(N)CCC(=O)O)c(F)c1. The van der Waals surface area contributed by atoms with Crippen molar-refractivity contribution >= 4 is 17.7 Å². The Labute approximate surface area is 128 Å². The Bertz CT molecular complexity index is 555. The fourth-order valence-electron chi connectivity index (χ4n) is 1.76. The summed E-state index contributed by atoms with van der Waals surface area (Å²) in [4.78, 5) is 22.1. The highest BCUT2D eigenvalue weighted by Crippen LogP contribution is 2.23. The van der Waals surface area contributed by atoms with E-state index in [2.05, 4.69) is 5.32 Å². The molecular formula is C15H21FN2O4. The number of carboxylic acids is 1. The number of carboxylic acid groups (broad SMARTS) is 1. The zero-order valence-electron chi connectivity index (χ0n) is 12.9. The van der Waals surface area contributed by atoms with Crippen LogP contribution in [-0.4, -0.2) is 22.8 Å². The Morgan fingerprint density at radius 1 is 1.41 bits per heavy atom. The second kappa shape index (κ2) is 7.22. The zero-order chi connectivity index (χ0) is 16.9. The van der Waals surface area contributed by atoms with Gasteiger partial charge in [-0.05, 0) is 39.3 Å². The van der Waals surface area contributed by atoms with Gasteiger partial charge in [0.2, 0.25) is 0 Å². The Morgan fingerprint density at radius 3 is 2.55 bits per heavy atom. The van der Waals surface area contributed by atoms with E-state index >= 15 is 0 Å². The minimum absolute atomic E-state index is 0.130. The molecule has 0 spiro atoms. The van der Waals surface area contributed by atoms with Crippen molar-refractivity contribution in [3.63, 3.8) is 0 Å². The lowest BCUT2D eigenvalue weighted by Gasteiger charge is -2.20. The number of aliphatic carboxylic acids is 1. The molecule has 1 aromatic carbocycles. The van der Waals surface area contributed by atoms with Crippen molar-refractivity contribution in [3.8, 4) is 0 Å². The molecule has 1 aromatic rings. The molecule has 4 N–H and O–H groups in total. The first-order chi connectivity index (χ1) is 10.1. The minimum atomic E-state index is -0.987. The van der Waals surface area contributed by atoms with Crippen LogP contribution in [0.4, 0.5) is 14.9 Å². The van der Waals surface area contributed by atoms with Crippen molar-refractivity contribution in [1.82, 2.24) is 0 Å². The van der Waals surface area contributed by atoms with Crippen LogP contribution in [0.3, 0.4) is 0 Å². The zero-order valence-corrected chi connectivity index (χ0v) is 12.9. The molecule has 0 aliphatic rings. The third kappa shape index (κ3) is 6.09. The Kier molecular flexibility index (Phi) is 5.87. The molecule has 1 rings (SSSR count). The summed E-state index contributed by atoms with van der Waals surface area (Å²) < 4.78 is 19.1. The molecule has 22 heavy (non-hydrogen) atoms. The predicted octanol–water partition coefficient (Wildman–Crippen LogP) is 3.04. The standard InChI is InChI=1S/C15H21FN2O4/c1-15(2,3)22-14(21)18-9-4-5-10(11(16)8-9)12(17)6-7-13(19)20/h4-5,8,12H,6-7,17H2,1-3H3,(H,18,21)(H,19,20). The van der Waals surface area contributed by atoms with Crippen LogP contribution in [0, 0.1) is 5.82 Å². The molecule has 122 valence electrons. The maximum atomic E-state index is 14.0. The van der Waals surface area contributed by atoms with Gasteiger partial charge in [0.1, 0.15) is 11.4 Å². The van der Waals surface area contributed by atoms with Gasteiger partial charge < -0.3 is 15.6 Å². The number of nitrogens with two attached hydrogens (primary N) is 1. The average molecular weight is 312 g/mol.